The average molecular weight is 352 g/mol. The van der Waals surface area contributed by atoms with Crippen LogP contribution in [-0.4, -0.2) is 41.5 Å². The Morgan fingerprint density at radius 2 is 1.68 bits per heavy atom. The first-order valence-electron chi connectivity index (χ1n) is 6.88. The zero-order valence-electron chi connectivity index (χ0n) is 11.6. The molecule has 0 saturated carbocycles. The topological polar surface area (TPSA) is 63.3 Å². The van der Waals surface area contributed by atoms with Gasteiger partial charge in [0.2, 0.25) is 0 Å². The summed E-state index contributed by atoms with van der Waals surface area (Å²) in [6, 6.07) is 17.2. The molecule has 0 bridgehead atoms. The average Bonchev–Trinajstić information content (AvgIpc) is 2.96. The quantitative estimate of drug-likeness (QED) is 0.537. The molecule has 4 aromatic rings. The minimum absolute atomic E-state index is 0.483. The van der Waals surface area contributed by atoms with Gasteiger partial charge in [-0.05, 0) is 0 Å². The van der Waals surface area contributed by atoms with Gasteiger partial charge in [-0.15, -0.1) is 0 Å². The zero-order valence-corrected chi connectivity index (χ0v) is 14.0. The van der Waals surface area contributed by atoms with Gasteiger partial charge in [0, 0.05) is 0 Å². The molecular weight excluding hydrogens is 339 g/mol. The van der Waals surface area contributed by atoms with Gasteiger partial charge >= 0.3 is 135 Å². The summed E-state index contributed by atoms with van der Waals surface area (Å²) in [5, 5.41) is 16.1. The Bertz CT molecular complexity index is 968. The van der Waals surface area contributed by atoms with Gasteiger partial charge in [-0.25, -0.2) is 0 Å². The van der Waals surface area contributed by atoms with Crippen molar-refractivity contribution in [2.24, 2.45) is 0 Å². The molecule has 1 unspecified atom stereocenters. The second kappa shape index (κ2) is 5.20. The Kier molecular flexibility index (Phi) is 3.17. The van der Waals surface area contributed by atoms with Gasteiger partial charge in [-0.1, -0.05) is 0 Å². The molecule has 0 aliphatic heterocycles. The van der Waals surface area contributed by atoms with Crippen molar-refractivity contribution in [3.05, 3.63) is 66.0 Å². The molecule has 2 heterocycles. The van der Waals surface area contributed by atoms with E-state index in [1.54, 1.807) is 4.52 Å². The van der Waals surface area contributed by atoms with Crippen LogP contribution in [0.2, 0.25) is 0 Å². The number of para-hydroxylation sites is 1. The van der Waals surface area contributed by atoms with E-state index >= 15 is 0 Å². The maximum atomic E-state index is 10.7. The fraction of sp³-hybridized carbons (Fsp3) is 0.0625. The summed E-state index contributed by atoms with van der Waals surface area (Å²) < 4.78 is 2.36. The zero-order chi connectivity index (χ0) is 15.1. The van der Waals surface area contributed by atoms with Crippen molar-refractivity contribution in [1.29, 1.82) is 0 Å². The van der Waals surface area contributed by atoms with Crippen molar-refractivity contribution >= 4 is 38.0 Å². The van der Waals surface area contributed by atoms with E-state index in [0.29, 0.717) is 10.4 Å². The summed E-state index contributed by atoms with van der Waals surface area (Å²) in [4.78, 5) is 9.12. The van der Waals surface area contributed by atoms with Crippen molar-refractivity contribution in [2.45, 2.75) is 6.10 Å². The van der Waals surface area contributed by atoms with Gasteiger partial charge in [0.15, 0.2) is 0 Å². The summed E-state index contributed by atoms with van der Waals surface area (Å²) >= 11 is 1.35. The second-order valence-electron chi connectivity index (χ2n) is 5.01. The summed E-state index contributed by atoms with van der Waals surface area (Å²) in [7, 11) is 0. The second-order valence-corrected chi connectivity index (χ2v) is 6.09. The van der Waals surface area contributed by atoms with Gasteiger partial charge in [0.25, 0.3) is 0 Å². The van der Waals surface area contributed by atoms with Crippen LogP contribution >= 0.6 is 0 Å². The Hall–Kier alpha value is -2.23. The third kappa shape index (κ3) is 2.10. The van der Waals surface area contributed by atoms with Crippen LogP contribution in [0.25, 0.3) is 16.6 Å². The van der Waals surface area contributed by atoms with Crippen LogP contribution in [-0.2, 0) is 0 Å². The van der Waals surface area contributed by atoms with Crippen molar-refractivity contribution in [1.82, 2.24) is 19.6 Å². The number of aliphatic hydroxyl groups excluding tert-OH is 1. The molecule has 5 nitrogen and oxygen atoms in total. The van der Waals surface area contributed by atoms with E-state index in [-0.39, 0.29) is 0 Å². The Morgan fingerprint density at radius 1 is 0.955 bits per heavy atom. The molecule has 4 rings (SSSR count). The molecule has 0 aliphatic rings. The normalized spacial score (nSPS) is 12.8. The third-order valence-electron chi connectivity index (χ3n) is 3.58. The van der Waals surface area contributed by atoms with Crippen molar-refractivity contribution < 1.29 is 5.11 Å². The Balaban J connectivity index is 2.03. The fourth-order valence-electron chi connectivity index (χ4n) is 2.55. The molecule has 108 valence electrons. The van der Waals surface area contributed by atoms with Crippen LogP contribution in [0.4, 0.5) is 0 Å². The molecule has 2 aromatic carbocycles. The minimum atomic E-state index is -0.845. The SMILES string of the molecule is O[C@H](c1ccccc1)c1nc2ccccc2c2nc([AsH2])nn12. The van der Waals surface area contributed by atoms with Gasteiger partial charge in [-0.3, -0.25) is 0 Å². The molecule has 0 aliphatic carbocycles. The van der Waals surface area contributed by atoms with Crippen molar-refractivity contribution in [3.8, 4) is 0 Å². The molecule has 1 N–H and O–H groups in total. The molecule has 2 atom stereocenters. The summed E-state index contributed by atoms with van der Waals surface area (Å²) in [5.74, 6) is 0.483. The Morgan fingerprint density at radius 3 is 2.50 bits per heavy atom. The van der Waals surface area contributed by atoms with Crippen LogP contribution < -0.4 is 4.61 Å². The van der Waals surface area contributed by atoms with Crippen LogP contribution in [0, 0.1) is 0 Å². The predicted molar refractivity (Wildman–Crippen MR) is 87.0 cm³/mol. The molecule has 0 saturated heterocycles. The molecule has 22 heavy (non-hydrogen) atoms. The van der Waals surface area contributed by atoms with Gasteiger partial charge < -0.3 is 0 Å². The van der Waals surface area contributed by atoms with E-state index in [1.807, 2.05) is 54.6 Å². The van der Waals surface area contributed by atoms with Crippen LogP contribution in [0.15, 0.2) is 54.6 Å². The summed E-state index contributed by atoms with van der Waals surface area (Å²) in [6.07, 6.45) is -0.845. The number of hydrogen-bond donors (Lipinski definition) is 1. The summed E-state index contributed by atoms with van der Waals surface area (Å²) in [5.41, 5.74) is 2.32. The van der Waals surface area contributed by atoms with Gasteiger partial charge in [-0.2, -0.15) is 0 Å². The van der Waals surface area contributed by atoms with Crippen LogP contribution in [0.5, 0.6) is 0 Å². The third-order valence-corrected chi connectivity index (χ3v) is 4.09. The number of nitrogens with zero attached hydrogens (tertiary/aromatic N) is 4. The van der Waals surface area contributed by atoms with E-state index in [0.717, 1.165) is 22.1 Å². The molecule has 0 fully saturated rings. The van der Waals surface area contributed by atoms with E-state index in [9.17, 15) is 5.11 Å². The van der Waals surface area contributed by atoms with E-state index in [4.69, 9.17) is 0 Å². The molecule has 6 heteroatoms. The van der Waals surface area contributed by atoms with Crippen molar-refractivity contribution in [3.63, 3.8) is 0 Å². The van der Waals surface area contributed by atoms with Crippen LogP contribution in [0.3, 0.4) is 0 Å². The van der Waals surface area contributed by atoms with Crippen molar-refractivity contribution in [2.75, 3.05) is 0 Å². The fourth-order valence-corrected chi connectivity index (χ4v) is 3.05. The summed E-state index contributed by atoms with van der Waals surface area (Å²) in [6.45, 7) is 0. The first-order chi connectivity index (χ1) is 10.7. The number of aromatic nitrogens is 4. The number of fused-ring (bicyclic) bond motifs is 3. The number of aliphatic hydroxyl groups is 1. The molecule has 0 amide bonds. The molecule has 0 spiro atoms. The number of benzene rings is 2. The molecular formula is C16H13AsN4O. The van der Waals surface area contributed by atoms with Gasteiger partial charge in [0.1, 0.15) is 0 Å². The van der Waals surface area contributed by atoms with E-state index in [1.165, 1.54) is 16.9 Å². The van der Waals surface area contributed by atoms with E-state index < -0.39 is 6.10 Å². The monoisotopic (exact) mass is 352 g/mol. The first kappa shape index (κ1) is 13.4. The predicted octanol–water partition coefficient (Wildman–Crippen LogP) is 0.618. The van der Waals surface area contributed by atoms with Gasteiger partial charge in [0.05, 0.1) is 0 Å². The standard InChI is InChI=1S/C16H13AsN4O/c17-16-19-14-11-8-4-5-9-12(11)18-15(21(14)20-16)13(22)10-6-2-1-3-7-10/h1-9,13,22H,17H2/t13-/m1/s1. The Labute approximate surface area is 135 Å². The first-order valence-corrected chi connectivity index (χ1v) is 8.09. The maximum absolute atomic E-state index is 10.7. The van der Waals surface area contributed by atoms with E-state index in [2.05, 4.69) is 15.1 Å². The molecule has 0 radical (unpaired) electrons. The molecule has 2 aromatic heterocycles. The number of rotatable bonds is 2. The van der Waals surface area contributed by atoms with Crippen LogP contribution in [0.1, 0.15) is 17.5 Å². The number of hydrogen-bond acceptors (Lipinski definition) is 4.